The maximum Gasteiger partial charge on any atom is 0.491 e. The lowest BCUT2D eigenvalue weighted by atomic mass is 9.70. The van der Waals surface area contributed by atoms with Crippen LogP contribution in [0.15, 0.2) is 36.5 Å². The largest absolute Gasteiger partial charge is 0.491 e. The molecule has 25 heavy (non-hydrogen) atoms. The average Bonchev–Trinajstić information content (AvgIpc) is 2.54. The molecule has 1 aromatic heterocycles. The molecule has 0 radical (unpaired) electrons. The lowest BCUT2D eigenvalue weighted by Crippen LogP contribution is -2.50. The summed E-state index contributed by atoms with van der Waals surface area (Å²) >= 11 is 0. The molecule has 0 atom stereocenters. The van der Waals surface area contributed by atoms with Crippen molar-refractivity contribution >= 4 is 30.0 Å². The van der Waals surface area contributed by atoms with Crippen molar-refractivity contribution in [2.45, 2.75) is 25.9 Å². The van der Waals surface area contributed by atoms with E-state index in [1.165, 1.54) is 0 Å². The second-order valence-electron chi connectivity index (χ2n) is 7.04. The Morgan fingerprint density at radius 2 is 2.12 bits per heavy atom. The molecule has 0 bridgehead atoms. The standard InChI is InChI=1S/C18H22BN3O3/c1-18(2)11-12-7-8-13(10-15(12)19(24)25-18)21-17(23)14-6-5-9-20-16(14)22(3)4/h5-10,24H,11H2,1-4H3,(H,21,23). The normalized spacial score (nSPS) is 15.5. The van der Waals surface area contributed by atoms with Crippen LogP contribution in [0.4, 0.5) is 11.5 Å². The first-order valence-corrected chi connectivity index (χ1v) is 8.19. The van der Waals surface area contributed by atoms with Crippen molar-refractivity contribution in [2.24, 2.45) is 0 Å². The Labute approximate surface area is 148 Å². The molecule has 7 heteroatoms. The van der Waals surface area contributed by atoms with Gasteiger partial charge in [0.15, 0.2) is 0 Å². The van der Waals surface area contributed by atoms with E-state index in [0.29, 0.717) is 29.0 Å². The molecule has 1 aromatic carbocycles. The number of nitrogens with zero attached hydrogens (tertiary/aromatic N) is 2. The number of hydrogen-bond donors (Lipinski definition) is 2. The number of aromatic nitrogens is 1. The van der Waals surface area contributed by atoms with Crippen LogP contribution < -0.4 is 15.7 Å². The van der Waals surface area contributed by atoms with Crippen LogP contribution >= 0.6 is 0 Å². The number of nitrogens with one attached hydrogen (secondary N) is 1. The van der Waals surface area contributed by atoms with Crippen molar-refractivity contribution in [3.8, 4) is 0 Å². The predicted molar refractivity (Wildman–Crippen MR) is 99.4 cm³/mol. The molecular formula is C18H22BN3O3. The van der Waals surface area contributed by atoms with Crippen LogP contribution in [0.1, 0.15) is 29.8 Å². The van der Waals surface area contributed by atoms with Gasteiger partial charge in [-0.1, -0.05) is 6.07 Å². The molecule has 2 N–H and O–H groups in total. The van der Waals surface area contributed by atoms with E-state index in [9.17, 15) is 9.82 Å². The number of benzene rings is 1. The van der Waals surface area contributed by atoms with E-state index in [1.807, 2.05) is 40.1 Å². The second-order valence-corrected chi connectivity index (χ2v) is 7.04. The summed E-state index contributed by atoms with van der Waals surface area (Å²) in [6, 6.07) is 8.99. The quantitative estimate of drug-likeness (QED) is 0.828. The van der Waals surface area contributed by atoms with Gasteiger partial charge in [-0.3, -0.25) is 4.79 Å². The molecule has 0 aliphatic carbocycles. The van der Waals surface area contributed by atoms with Gasteiger partial charge in [-0.05, 0) is 55.6 Å². The number of rotatable bonds is 3. The zero-order valence-corrected chi connectivity index (χ0v) is 14.9. The van der Waals surface area contributed by atoms with Crippen molar-refractivity contribution in [1.29, 1.82) is 0 Å². The van der Waals surface area contributed by atoms with E-state index in [4.69, 9.17) is 4.65 Å². The van der Waals surface area contributed by atoms with Gasteiger partial charge in [-0.15, -0.1) is 0 Å². The molecule has 0 saturated carbocycles. The van der Waals surface area contributed by atoms with Crippen LogP contribution in [0.2, 0.25) is 0 Å². The third-order valence-electron chi connectivity index (χ3n) is 4.17. The minimum Gasteiger partial charge on any atom is -0.423 e. The van der Waals surface area contributed by atoms with E-state index in [1.54, 1.807) is 29.3 Å². The van der Waals surface area contributed by atoms with E-state index in [-0.39, 0.29) is 5.91 Å². The number of carbonyl (C=O) groups excluding carboxylic acids is 1. The highest BCUT2D eigenvalue weighted by molar-refractivity contribution is 6.61. The molecule has 0 saturated heterocycles. The van der Waals surface area contributed by atoms with Crippen molar-refractivity contribution in [2.75, 3.05) is 24.3 Å². The Morgan fingerprint density at radius 1 is 1.36 bits per heavy atom. The maximum absolute atomic E-state index is 12.6. The minimum absolute atomic E-state index is 0.247. The average molecular weight is 339 g/mol. The summed E-state index contributed by atoms with van der Waals surface area (Å²) < 4.78 is 5.62. The fraction of sp³-hybridized carbons (Fsp3) is 0.333. The lowest BCUT2D eigenvalue weighted by molar-refractivity contribution is 0.0820. The first-order valence-electron chi connectivity index (χ1n) is 8.19. The number of fused-ring (bicyclic) bond motifs is 1. The zero-order valence-electron chi connectivity index (χ0n) is 14.9. The molecule has 1 amide bonds. The first-order chi connectivity index (χ1) is 11.8. The molecule has 3 rings (SSSR count). The van der Waals surface area contributed by atoms with E-state index >= 15 is 0 Å². The fourth-order valence-electron chi connectivity index (χ4n) is 3.06. The van der Waals surface area contributed by atoms with E-state index in [2.05, 4.69) is 10.3 Å². The predicted octanol–water partition coefficient (Wildman–Crippen LogP) is 1.44. The molecule has 0 fully saturated rings. The van der Waals surface area contributed by atoms with Crippen molar-refractivity contribution in [3.63, 3.8) is 0 Å². The number of amides is 1. The SMILES string of the molecule is CN(C)c1ncccc1C(=O)Nc1ccc2c(c1)B(O)OC(C)(C)C2. The summed E-state index contributed by atoms with van der Waals surface area (Å²) in [6.45, 7) is 3.89. The topological polar surface area (TPSA) is 74.7 Å². The van der Waals surface area contributed by atoms with Crippen LogP contribution in [0.3, 0.4) is 0 Å². The van der Waals surface area contributed by atoms with E-state index < -0.39 is 12.7 Å². The molecule has 130 valence electrons. The highest BCUT2D eigenvalue weighted by Gasteiger charge is 2.35. The van der Waals surface area contributed by atoms with Crippen LogP contribution in [0, 0.1) is 0 Å². The van der Waals surface area contributed by atoms with Gasteiger partial charge in [0.05, 0.1) is 11.2 Å². The van der Waals surface area contributed by atoms with Crippen LogP contribution in [-0.4, -0.2) is 42.7 Å². The van der Waals surface area contributed by atoms with Gasteiger partial charge in [0.2, 0.25) is 0 Å². The van der Waals surface area contributed by atoms with Crippen molar-refractivity contribution < 1.29 is 14.5 Å². The smallest absolute Gasteiger partial charge is 0.423 e. The van der Waals surface area contributed by atoms with Crippen molar-refractivity contribution in [1.82, 2.24) is 4.98 Å². The number of anilines is 2. The molecular weight excluding hydrogens is 317 g/mol. The summed E-state index contributed by atoms with van der Waals surface area (Å²) in [7, 11) is 2.69. The highest BCUT2D eigenvalue weighted by Crippen LogP contribution is 2.24. The van der Waals surface area contributed by atoms with Crippen molar-refractivity contribution in [3.05, 3.63) is 47.7 Å². The maximum atomic E-state index is 12.6. The zero-order chi connectivity index (χ0) is 18.2. The molecule has 1 aliphatic rings. The van der Waals surface area contributed by atoms with Gasteiger partial charge in [0, 0.05) is 26.0 Å². The Balaban J connectivity index is 1.85. The molecule has 2 aromatic rings. The molecule has 1 aliphatic heterocycles. The summed E-state index contributed by atoms with van der Waals surface area (Å²) in [5.74, 6) is 0.353. The van der Waals surface area contributed by atoms with Crippen LogP contribution in [0.5, 0.6) is 0 Å². The van der Waals surface area contributed by atoms with Gasteiger partial charge in [-0.25, -0.2) is 4.98 Å². The van der Waals surface area contributed by atoms with Gasteiger partial charge in [-0.2, -0.15) is 0 Å². The third-order valence-corrected chi connectivity index (χ3v) is 4.17. The molecule has 0 unspecified atom stereocenters. The second kappa shape index (κ2) is 6.50. The van der Waals surface area contributed by atoms with Crippen LogP contribution in [-0.2, 0) is 11.1 Å². The van der Waals surface area contributed by atoms with Gasteiger partial charge < -0.3 is 19.9 Å². The van der Waals surface area contributed by atoms with Crippen LogP contribution in [0.25, 0.3) is 0 Å². The molecule has 2 heterocycles. The number of hydrogen-bond acceptors (Lipinski definition) is 5. The van der Waals surface area contributed by atoms with Gasteiger partial charge in [0.25, 0.3) is 5.91 Å². The van der Waals surface area contributed by atoms with Gasteiger partial charge in [0.1, 0.15) is 5.82 Å². The summed E-state index contributed by atoms with van der Waals surface area (Å²) in [4.78, 5) is 18.7. The fourth-order valence-corrected chi connectivity index (χ4v) is 3.06. The minimum atomic E-state index is -0.994. The van der Waals surface area contributed by atoms with Gasteiger partial charge >= 0.3 is 7.12 Å². The summed E-state index contributed by atoms with van der Waals surface area (Å²) in [5, 5.41) is 13.1. The molecule has 6 nitrogen and oxygen atoms in total. The third kappa shape index (κ3) is 3.67. The molecule has 0 spiro atoms. The lowest BCUT2D eigenvalue weighted by Gasteiger charge is -2.34. The van der Waals surface area contributed by atoms with E-state index in [0.717, 1.165) is 5.56 Å². The monoisotopic (exact) mass is 339 g/mol. The Bertz CT molecular complexity index is 808. The Hall–Kier alpha value is -2.38. The number of pyridine rings is 1. The highest BCUT2D eigenvalue weighted by atomic mass is 16.5. The first kappa shape index (κ1) is 17.4. The Morgan fingerprint density at radius 3 is 2.84 bits per heavy atom. The Kier molecular flexibility index (Phi) is 4.54. The number of carbonyl (C=O) groups is 1. The summed E-state index contributed by atoms with van der Waals surface area (Å²) in [5.41, 5.74) is 2.41. The summed E-state index contributed by atoms with van der Waals surface area (Å²) in [6.07, 6.45) is 2.36.